The Hall–Kier alpha value is -1.75. The molecule has 4 nitrogen and oxygen atoms in total. The number of aromatic nitrogens is 2. The summed E-state index contributed by atoms with van der Waals surface area (Å²) in [6.45, 7) is 7.01. The first kappa shape index (κ1) is 14.7. The average molecular weight is 288 g/mol. The first-order valence-electron chi connectivity index (χ1n) is 6.77. The second-order valence-electron chi connectivity index (χ2n) is 5.16. The van der Waals surface area contributed by atoms with Gasteiger partial charge in [0.25, 0.3) is 0 Å². The number of hydrogen-bond acceptors (Lipinski definition) is 4. The fraction of sp³-hybridized carbons (Fsp3) is 0.400. The minimum absolute atomic E-state index is 0.310. The first-order chi connectivity index (χ1) is 9.50. The van der Waals surface area contributed by atoms with Crippen molar-refractivity contribution in [1.82, 2.24) is 10.2 Å². The third kappa shape index (κ3) is 3.04. The van der Waals surface area contributed by atoms with E-state index in [1.165, 1.54) is 0 Å². The molecule has 0 aliphatic carbocycles. The third-order valence-electron chi connectivity index (χ3n) is 3.35. The van der Waals surface area contributed by atoms with E-state index in [-0.39, 0.29) is 0 Å². The number of rotatable bonds is 5. The number of anilines is 1. The van der Waals surface area contributed by atoms with Crippen LogP contribution in [0.4, 0.5) is 5.82 Å². The molecular weight excluding hydrogens is 268 g/mol. The molecule has 0 saturated heterocycles. The Labute approximate surface area is 125 Å². The predicted molar refractivity (Wildman–Crippen MR) is 88.2 cm³/mol. The highest BCUT2D eigenvalue weighted by atomic mass is 32.1. The molecule has 2 N–H and O–H groups in total. The lowest BCUT2D eigenvalue weighted by Crippen LogP contribution is -2.34. The van der Waals surface area contributed by atoms with Crippen LogP contribution in [0.3, 0.4) is 0 Å². The molecule has 1 aromatic carbocycles. The lowest BCUT2D eigenvalue weighted by Gasteiger charge is -2.28. The number of fused-ring (bicyclic) bond motifs is 1. The summed E-state index contributed by atoms with van der Waals surface area (Å²) in [4.78, 5) is 2.73. The fourth-order valence-corrected chi connectivity index (χ4v) is 2.37. The van der Waals surface area contributed by atoms with E-state index in [9.17, 15) is 0 Å². The monoisotopic (exact) mass is 288 g/mol. The Balaban J connectivity index is 2.48. The molecule has 2 rings (SSSR count). The molecular formula is C15H20N4S. The van der Waals surface area contributed by atoms with Gasteiger partial charge in [-0.2, -0.15) is 5.10 Å². The zero-order valence-electron chi connectivity index (χ0n) is 12.1. The van der Waals surface area contributed by atoms with Crippen molar-refractivity contribution < 1.29 is 0 Å². The van der Waals surface area contributed by atoms with Gasteiger partial charge in [-0.25, -0.2) is 0 Å². The van der Waals surface area contributed by atoms with Crippen molar-refractivity contribution in [2.24, 2.45) is 5.73 Å². The Morgan fingerprint density at radius 3 is 2.50 bits per heavy atom. The molecule has 0 amide bonds. The smallest absolute Gasteiger partial charge is 0.159 e. The van der Waals surface area contributed by atoms with Gasteiger partial charge < -0.3 is 10.6 Å². The van der Waals surface area contributed by atoms with Crippen molar-refractivity contribution in [3.63, 3.8) is 0 Å². The van der Waals surface area contributed by atoms with E-state index < -0.39 is 0 Å². The van der Waals surface area contributed by atoms with Gasteiger partial charge in [-0.1, -0.05) is 36.5 Å². The minimum atomic E-state index is 0.310. The number of benzene rings is 1. The Kier molecular flexibility index (Phi) is 4.49. The van der Waals surface area contributed by atoms with Crippen molar-refractivity contribution in [1.29, 1.82) is 0 Å². The highest BCUT2D eigenvalue weighted by Crippen LogP contribution is 2.26. The Bertz CT molecular complexity index is 624. The highest BCUT2D eigenvalue weighted by molar-refractivity contribution is 7.80. The first-order valence-corrected chi connectivity index (χ1v) is 7.18. The molecule has 0 unspecified atom stereocenters. The van der Waals surface area contributed by atoms with E-state index in [4.69, 9.17) is 18.0 Å². The molecule has 20 heavy (non-hydrogen) atoms. The molecule has 0 fully saturated rings. The van der Waals surface area contributed by atoms with Crippen LogP contribution in [0.5, 0.6) is 0 Å². The molecule has 2 aromatic rings. The normalized spacial score (nSPS) is 11.0. The fourth-order valence-electron chi connectivity index (χ4n) is 2.28. The molecule has 1 heterocycles. The maximum Gasteiger partial charge on any atom is 0.159 e. The second-order valence-corrected chi connectivity index (χ2v) is 5.68. The standard InChI is InChI=1S/C15H20N4S/c1-10(2)19(9-8-14(16)20)15-13-7-5-4-6-12(13)11(3)17-18-15/h4-7,10H,8-9H2,1-3H3,(H2,16,20). The topological polar surface area (TPSA) is 55.0 Å². The van der Waals surface area contributed by atoms with Gasteiger partial charge in [0.1, 0.15) is 0 Å². The zero-order chi connectivity index (χ0) is 14.7. The van der Waals surface area contributed by atoms with Gasteiger partial charge in [0.2, 0.25) is 0 Å². The molecule has 0 spiro atoms. The largest absolute Gasteiger partial charge is 0.393 e. The Morgan fingerprint density at radius 1 is 1.25 bits per heavy atom. The van der Waals surface area contributed by atoms with Crippen LogP contribution < -0.4 is 10.6 Å². The van der Waals surface area contributed by atoms with Crippen molar-refractivity contribution in [2.75, 3.05) is 11.4 Å². The van der Waals surface area contributed by atoms with Crippen molar-refractivity contribution in [3.8, 4) is 0 Å². The van der Waals surface area contributed by atoms with Gasteiger partial charge >= 0.3 is 0 Å². The molecule has 1 aromatic heterocycles. The SMILES string of the molecule is Cc1nnc(N(CCC(N)=S)C(C)C)c2ccccc12. The van der Waals surface area contributed by atoms with Crippen LogP contribution in [0.25, 0.3) is 10.8 Å². The lowest BCUT2D eigenvalue weighted by molar-refractivity contribution is 0.677. The van der Waals surface area contributed by atoms with Gasteiger partial charge in [-0.3, -0.25) is 0 Å². The molecule has 0 aliphatic rings. The summed E-state index contributed by atoms with van der Waals surface area (Å²) >= 11 is 4.98. The van der Waals surface area contributed by atoms with Gasteiger partial charge in [-0.05, 0) is 20.8 Å². The zero-order valence-corrected chi connectivity index (χ0v) is 12.9. The molecule has 106 valence electrons. The van der Waals surface area contributed by atoms with Crippen LogP contribution in [-0.4, -0.2) is 27.8 Å². The maximum absolute atomic E-state index is 5.62. The van der Waals surface area contributed by atoms with E-state index in [1.54, 1.807) is 0 Å². The maximum atomic E-state index is 5.62. The van der Waals surface area contributed by atoms with Gasteiger partial charge in [-0.15, -0.1) is 5.10 Å². The number of thiocarbonyl (C=S) groups is 1. The molecule has 0 saturated carbocycles. The second kappa shape index (κ2) is 6.13. The summed E-state index contributed by atoms with van der Waals surface area (Å²) in [6, 6.07) is 8.52. The van der Waals surface area contributed by atoms with Crippen LogP contribution >= 0.6 is 12.2 Å². The number of nitrogens with zero attached hydrogens (tertiary/aromatic N) is 3. The molecule has 0 aliphatic heterocycles. The van der Waals surface area contributed by atoms with Gasteiger partial charge in [0.05, 0.1) is 10.7 Å². The van der Waals surface area contributed by atoms with Crippen molar-refractivity contribution in [3.05, 3.63) is 30.0 Å². The van der Waals surface area contributed by atoms with Crippen molar-refractivity contribution in [2.45, 2.75) is 33.2 Å². The molecule has 0 bridgehead atoms. The molecule has 0 radical (unpaired) electrons. The van der Waals surface area contributed by atoms with Crippen LogP contribution in [0, 0.1) is 6.92 Å². The van der Waals surface area contributed by atoms with Crippen LogP contribution in [0.15, 0.2) is 24.3 Å². The van der Waals surface area contributed by atoms with Gasteiger partial charge in [0.15, 0.2) is 5.82 Å². The summed E-state index contributed by atoms with van der Waals surface area (Å²) in [5.41, 5.74) is 6.57. The minimum Gasteiger partial charge on any atom is -0.393 e. The highest BCUT2D eigenvalue weighted by Gasteiger charge is 2.16. The van der Waals surface area contributed by atoms with Crippen LogP contribution in [0.1, 0.15) is 26.0 Å². The van der Waals surface area contributed by atoms with E-state index >= 15 is 0 Å². The van der Waals surface area contributed by atoms with E-state index in [0.717, 1.165) is 28.8 Å². The summed E-state index contributed by atoms with van der Waals surface area (Å²) in [6.07, 6.45) is 0.678. The third-order valence-corrected chi connectivity index (χ3v) is 3.55. The summed E-state index contributed by atoms with van der Waals surface area (Å²) in [5, 5.41) is 10.9. The number of nitrogens with two attached hydrogens (primary N) is 1. The molecule has 0 atom stereocenters. The lowest BCUT2D eigenvalue weighted by atomic mass is 10.1. The van der Waals surface area contributed by atoms with Gasteiger partial charge in [0, 0.05) is 29.8 Å². The van der Waals surface area contributed by atoms with Crippen LogP contribution in [0.2, 0.25) is 0 Å². The average Bonchev–Trinajstić information content (AvgIpc) is 2.41. The molecule has 5 heteroatoms. The van der Waals surface area contributed by atoms with E-state index in [2.05, 4.69) is 41.1 Å². The van der Waals surface area contributed by atoms with E-state index in [0.29, 0.717) is 17.5 Å². The Morgan fingerprint density at radius 2 is 1.90 bits per heavy atom. The summed E-state index contributed by atoms with van der Waals surface area (Å²) in [7, 11) is 0. The number of hydrogen-bond donors (Lipinski definition) is 1. The predicted octanol–water partition coefficient (Wildman–Crippen LogP) is 2.83. The quantitative estimate of drug-likeness (QED) is 0.857. The summed E-state index contributed by atoms with van der Waals surface area (Å²) in [5.74, 6) is 0.900. The van der Waals surface area contributed by atoms with Crippen molar-refractivity contribution >= 4 is 33.8 Å². The van der Waals surface area contributed by atoms with E-state index in [1.807, 2.05) is 19.1 Å². The summed E-state index contributed by atoms with van der Waals surface area (Å²) < 4.78 is 0. The van der Waals surface area contributed by atoms with Crippen LogP contribution in [-0.2, 0) is 0 Å². The number of aryl methyl sites for hydroxylation is 1.